The Morgan fingerprint density at radius 1 is 1.40 bits per heavy atom. The van der Waals surface area contributed by atoms with E-state index in [1.54, 1.807) is 23.6 Å². The van der Waals surface area contributed by atoms with Gasteiger partial charge in [0.05, 0.1) is 10.7 Å². The Labute approximate surface area is 97.2 Å². The zero-order valence-corrected chi connectivity index (χ0v) is 9.85. The van der Waals surface area contributed by atoms with E-state index >= 15 is 0 Å². The van der Waals surface area contributed by atoms with Crippen LogP contribution >= 0.6 is 22.9 Å². The van der Waals surface area contributed by atoms with Crippen molar-refractivity contribution in [3.63, 3.8) is 0 Å². The first-order valence-corrected chi connectivity index (χ1v) is 5.94. The van der Waals surface area contributed by atoms with Crippen LogP contribution in [-0.2, 0) is 12.8 Å². The van der Waals surface area contributed by atoms with Crippen LogP contribution in [-0.4, -0.2) is 15.0 Å². The monoisotopic (exact) mass is 239 g/mol. The SMILES string of the molecule is CCc1nc(Cl)cc(Cc2nccs2)n1. The molecule has 3 nitrogen and oxygen atoms in total. The van der Waals surface area contributed by atoms with Crippen molar-refractivity contribution in [2.24, 2.45) is 0 Å². The largest absolute Gasteiger partial charge is 0.249 e. The maximum atomic E-state index is 5.90. The quantitative estimate of drug-likeness (QED) is 0.774. The van der Waals surface area contributed by atoms with Crippen LogP contribution in [0, 0.1) is 0 Å². The number of nitrogens with zero attached hydrogens (tertiary/aromatic N) is 3. The molecular formula is C10H10ClN3S. The van der Waals surface area contributed by atoms with E-state index in [2.05, 4.69) is 15.0 Å². The normalized spacial score (nSPS) is 10.5. The Kier molecular flexibility index (Phi) is 3.28. The number of halogens is 1. The highest BCUT2D eigenvalue weighted by Gasteiger charge is 2.04. The standard InChI is InChI=1S/C10H10ClN3S/c1-2-9-13-7(5-8(11)14-9)6-10-12-3-4-15-10/h3-5H,2,6H2,1H3. The van der Waals surface area contributed by atoms with Gasteiger partial charge in [0.1, 0.15) is 11.0 Å². The minimum atomic E-state index is 0.508. The van der Waals surface area contributed by atoms with E-state index < -0.39 is 0 Å². The topological polar surface area (TPSA) is 38.7 Å². The summed E-state index contributed by atoms with van der Waals surface area (Å²) in [5, 5.41) is 3.51. The smallest absolute Gasteiger partial charge is 0.133 e. The van der Waals surface area contributed by atoms with E-state index in [9.17, 15) is 0 Å². The van der Waals surface area contributed by atoms with Crippen LogP contribution in [0.15, 0.2) is 17.6 Å². The van der Waals surface area contributed by atoms with E-state index in [1.165, 1.54) is 0 Å². The zero-order chi connectivity index (χ0) is 10.7. The third-order valence-corrected chi connectivity index (χ3v) is 2.90. The van der Waals surface area contributed by atoms with Gasteiger partial charge in [0.2, 0.25) is 0 Å². The first-order chi connectivity index (χ1) is 7.28. The summed E-state index contributed by atoms with van der Waals surface area (Å²) in [6, 6.07) is 1.79. The van der Waals surface area contributed by atoms with Crippen LogP contribution in [0.4, 0.5) is 0 Å². The Balaban J connectivity index is 2.24. The van der Waals surface area contributed by atoms with Crippen molar-refractivity contribution in [3.05, 3.63) is 39.3 Å². The summed E-state index contributed by atoms with van der Waals surface area (Å²) in [5.41, 5.74) is 0.932. The molecule has 2 aromatic rings. The minimum Gasteiger partial charge on any atom is -0.249 e. The molecular weight excluding hydrogens is 230 g/mol. The van der Waals surface area contributed by atoms with Crippen molar-refractivity contribution in [3.8, 4) is 0 Å². The molecule has 0 N–H and O–H groups in total. The van der Waals surface area contributed by atoms with E-state index in [0.29, 0.717) is 5.15 Å². The maximum absolute atomic E-state index is 5.90. The van der Waals surface area contributed by atoms with Crippen LogP contribution < -0.4 is 0 Å². The van der Waals surface area contributed by atoms with Gasteiger partial charge in [0.25, 0.3) is 0 Å². The molecule has 0 bridgehead atoms. The summed E-state index contributed by atoms with van der Waals surface area (Å²) < 4.78 is 0. The fraction of sp³-hybridized carbons (Fsp3) is 0.300. The second-order valence-electron chi connectivity index (χ2n) is 3.05. The van der Waals surface area contributed by atoms with E-state index in [-0.39, 0.29) is 0 Å². The highest BCUT2D eigenvalue weighted by Crippen LogP contribution is 2.13. The van der Waals surface area contributed by atoms with Crippen molar-refractivity contribution >= 4 is 22.9 Å². The molecule has 0 unspecified atom stereocenters. The second kappa shape index (κ2) is 4.68. The van der Waals surface area contributed by atoms with Crippen molar-refractivity contribution in [1.82, 2.24) is 15.0 Å². The van der Waals surface area contributed by atoms with Crippen LogP contribution in [0.2, 0.25) is 5.15 Å². The Morgan fingerprint density at radius 3 is 2.93 bits per heavy atom. The molecule has 0 saturated carbocycles. The average molecular weight is 240 g/mol. The lowest BCUT2D eigenvalue weighted by molar-refractivity contribution is 0.895. The predicted molar refractivity (Wildman–Crippen MR) is 61.3 cm³/mol. The Morgan fingerprint density at radius 2 is 2.27 bits per heavy atom. The van der Waals surface area contributed by atoms with Crippen molar-refractivity contribution < 1.29 is 0 Å². The van der Waals surface area contributed by atoms with Gasteiger partial charge in [0, 0.05) is 24.4 Å². The fourth-order valence-electron chi connectivity index (χ4n) is 1.26. The zero-order valence-electron chi connectivity index (χ0n) is 8.27. The molecule has 0 aliphatic heterocycles. The van der Waals surface area contributed by atoms with E-state index in [1.807, 2.05) is 12.3 Å². The minimum absolute atomic E-state index is 0.508. The average Bonchev–Trinajstić information content (AvgIpc) is 2.69. The lowest BCUT2D eigenvalue weighted by Crippen LogP contribution is -1.99. The molecule has 0 atom stereocenters. The Bertz CT molecular complexity index is 442. The molecule has 5 heteroatoms. The van der Waals surface area contributed by atoms with Gasteiger partial charge in [-0.25, -0.2) is 15.0 Å². The molecule has 2 heterocycles. The lowest BCUT2D eigenvalue weighted by Gasteiger charge is -2.01. The summed E-state index contributed by atoms with van der Waals surface area (Å²) >= 11 is 7.52. The maximum Gasteiger partial charge on any atom is 0.133 e. The number of hydrogen-bond acceptors (Lipinski definition) is 4. The third kappa shape index (κ3) is 2.73. The molecule has 0 aromatic carbocycles. The number of rotatable bonds is 3. The van der Waals surface area contributed by atoms with Gasteiger partial charge in [-0.1, -0.05) is 18.5 Å². The Hall–Kier alpha value is -1.00. The molecule has 0 aliphatic carbocycles. The highest BCUT2D eigenvalue weighted by atomic mass is 35.5. The number of aryl methyl sites for hydroxylation is 1. The summed E-state index contributed by atoms with van der Waals surface area (Å²) in [5.74, 6) is 0.786. The van der Waals surface area contributed by atoms with Crippen LogP contribution in [0.3, 0.4) is 0 Å². The first kappa shape index (κ1) is 10.5. The summed E-state index contributed by atoms with van der Waals surface area (Å²) in [6.07, 6.45) is 3.32. The third-order valence-electron chi connectivity index (χ3n) is 1.93. The van der Waals surface area contributed by atoms with Crippen LogP contribution in [0.1, 0.15) is 23.4 Å². The molecule has 0 radical (unpaired) electrons. The van der Waals surface area contributed by atoms with Gasteiger partial charge in [-0.15, -0.1) is 11.3 Å². The van der Waals surface area contributed by atoms with E-state index in [0.717, 1.165) is 29.4 Å². The molecule has 0 aliphatic rings. The summed E-state index contributed by atoms with van der Waals surface area (Å²) in [4.78, 5) is 12.7. The van der Waals surface area contributed by atoms with Gasteiger partial charge >= 0.3 is 0 Å². The van der Waals surface area contributed by atoms with Gasteiger partial charge in [-0.05, 0) is 6.07 Å². The van der Waals surface area contributed by atoms with Crippen molar-refractivity contribution in [1.29, 1.82) is 0 Å². The fourth-order valence-corrected chi connectivity index (χ4v) is 2.12. The molecule has 0 amide bonds. The number of thiazole rings is 1. The molecule has 2 rings (SSSR count). The molecule has 0 saturated heterocycles. The van der Waals surface area contributed by atoms with Gasteiger partial charge in [-0.2, -0.15) is 0 Å². The van der Waals surface area contributed by atoms with Crippen LogP contribution in [0.25, 0.3) is 0 Å². The molecule has 78 valence electrons. The van der Waals surface area contributed by atoms with Crippen LogP contribution in [0.5, 0.6) is 0 Å². The highest BCUT2D eigenvalue weighted by molar-refractivity contribution is 7.09. The van der Waals surface area contributed by atoms with E-state index in [4.69, 9.17) is 11.6 Å². The van der Waals surface area contributed by atoms with Crippen molar-refractivity contribution in [2.45, 2.75) is 19.8 Å². The summed E-state index contributed by atoms with van der Waals surface area (Å²) in [6.45, 7) is 2.01. The molecule has 0 fully saturated rings. The lowest BCUT2D eigenvalue weighted by atomic mass is 10.3. The number of aromatic nitrogens is 3. The predicted octanol–water partition coefficient (Wildman–Crippen LogP) is 2.74. The molecule has 2 aromatic heterocycles. The van der Waals surface area contributed by atoms with Gasteiger partial charge < -0.3 is 0 Å². The van der Waals surface area contributed by atoms with Crippen molar-refractivity contribution in [2.75, 3.05) is 0 Å². The first-order valence-electron chi connectivity index (χ1n) is 4.68. The molecule has 0 spiro atoms. The second-order valence-corrected chi connectivity index (χ2v) is 4.42. The van der Waals surface area contributed by atoms with Gasteiger partial charge in [-0.3, -0.25) is 0 Å². The summed E-state index contributed by atoms with van der Waals surface area (Å²) in [7, 11) is 0. The molecule has 15 heavy (non-hydrogen) atoms. The number of hydrogen-bond donors (Lipinski definition) is 0. The van der Waals surface area contributed by atoms with Gasteiger partial charge in [0.15, 0.2) is 0 Å².